The molecule has 4 heteroatoms. The van der Waals surface area contributed by atoms with Crippen LogP contribution in [0.15, 0.2) is 18.6 Å². The zero-order valence-corrected chi connectivity index (χ0v) is 10.2. The summed E-state index contributed by atoms with van der Waals surface area (Å²) in [7, 11) is 0. The molecule has 2 heterocycles. The molecule has 1 N–H and O–H groups in total. The summed E-state index contributed by atoms with van der Waals surface area (Å²) in [6.07, 6.45) is 5.35. The smallest absolute Gasteiger partial charge is 0.0755 e. The Labute approximate surface area is 97.1 Å². The maximum absolute atomic E-state index is 4.39. The second kappa shape index (κ2) is 4.89. The Morgan fingerprint density at radius 2 is 2.25 bits per heavy atom. The van der Waals surface area contributed by atoms with Gasteiger partial charge in [-0.15, -0.1) is 0 Å². The van der Waals surface area contributed by atoms with Crippen LogP contribution in [0.3, 0.4) is 0 Å². The third-order valence-corrected chi connectivity index (χ3v) is 3.32. The molecule has 0 saturated carbocycles. The molecular weight excluding hydrogens is 200 g/mol. The van der Waals surface area contributed by atoms with Crippen molar-refractivity contribution in [1.82, 2.24) is 20.2 Å². The Balaban J connectivity index is 2.11. The molecule has 1 aromatic rings. The molecule has 1 aliphatic rings. The van der Waals surface area contributed by atoms with Crippen molar-refractivity contribution in [1.29, 1.82) is 0 Å². The van der Waals surface area contributed by atoms with E-state index in [2.05, 4.69) is 41.0 Å². The normalized spacial score (nSPS) is 28.9. The van der Waals surface area contributed by atoms with Crippen LogP contribution in [0, 0.1) is 0 Å². The lowest BCUT2D eigenvalue weighted by atomic mass is 10.1. The van der Waals surface area contributed by atoms with E-state index in [1.54, 1.807) is 12.4 Å². The molecule has 3 atom stereocenters. The van der Waals surface area contributed by atoms with Crippen LogP contribution in [-0.4, -0.2) is 40.0 Å². The number of hydrogen-bond acceptors (Lipinski definition) is 4. The Morgan fingerprint density at radius 3 is 2.94 bits per heavy atom. The van der Waals surface area contributed by atoms with Crippen molar-refractivity contribution in [3.05, 3.63) is 24.3 Å². The predicted octanol–water partition coefficient (Wildman–Crippen LogP) is 1.22. The Kier molecular flexibility index (Phi) is 3.51. The molecule has 3 unspecified atom stereocenters. The minimum absolute atomic E-state index is 0.341. The molecule has 16 heavy (non-hydrogen) atoms. The van der Waals surface area contributed by atoms with E-state index < -0.39 is 0 Å². The Bertz CT molecular complexity index is 327. The van der Waals surface area contributed by atoms with E-state index >= 15 is 0 Å². The van der Waals surface area contributed by atoms with Crippen molar-refractivity contribution in [2.24, 2.45) is 0 Å². The minimum Gasteiger partial charge on any atom is -0.311 e. The lowest BCUT2D eigenvalue weighted by Gasteiger charge is -2.40. The van der Waals surface area contributed by atoms with E-state index in [1.165, 1.54) is 0 Å². The van der Waals surface area contributed by atoms with Gasteiger partial charge in [0.15, 0.2) is 0 Å². The minimum atomic E-state index is 0.341. The van der Waals surface area contributed by atoms with Gasteiger partial charge in [0.05, 0.1) is 11.7 Å². The van der Waals surface area contributed by atoms with Crippen LogP contribution in [-0.2, 0) is 0 Å². The summed E-state index contributed by atoms with van der Waals surface area (Å²) in [4.78, 5) is 11.0. The SMILES string of the molecule is CC1CN(C(C)c2cnccn2)C(C)CN1. The molecule has 0 aromatic carbocycles. The molecule has 88 valence electrons. The monoisotopic (exact) mass is 220 g/mol. The van der Waals surface area contributed by atoms with Gasteiger partial charge in [0.25, 0.3) is 0 Å². The number of nitrogens with zero attached hydrogens (tertiary/aromatic N) is 3. The van der Waals surface area contributed by atoms with Crippen LogP contribution in [0.2, 0.25) is 0 Å². The summed E-state index contributed by atoms with van der Waals surface area (Å²) in [5, 5.41) is 3.49. The van der Waals surface area contributed by atoms with Gasteiger partial charge >= 0.3 is 0 Å². The lowest BCUT2D eigenvalue weighted by Crippen LogP contribution is -2.54. The Morgan fingerprint density at radius 1 is 1.44 bits per heavy atom. The van der Waals surface area contributed by atoms with E-state index in [0.717, 1.165) is 18.8 Å². The van der Waals surface area contributed by atoms with Gasteiger partial charge in [0.1, 0.15) is 0 Å². The number of aromatic nitrogens is 2. The highest BCUT2D eigenvalue weighted by Crippen LogP contribution is 2.21. The fraction of sp³-hybridized carbons (Fsp3) is 0.667. The zero-order chi connectivity index (χ0) is 11.5. The van der Waals surface area contributed by atoms with E-state index in [4.69, 9.17) is 0 Å². The zero-order valence-electron chi connectivity index (χ0n) is 10.2. The average molecular weight is 220 g/mol. The van der Waals surface area contributed by atoms with Gasteiger partial charge in [-0.3, -0.25) is 14.9 Å². The number of rotatable bonds is 2. The third kappa shape index (κ3) is 2.39. The molecule has 1 aliphatic heterocycles. The largest absolute Gasteiger partial charge is 0.311 e. The first-order valence-corrected chi connectivity index (χ1v) is 5.93. The summed E-state index contributed by atoms with van der Waals surface area (Å²) in [6, 6.07) is 1.44. The first-order valence-electron chi connectivity index (χ1n) is 5.93. The van der Waals surface area contributed by atoms with Gasteiger partial charge in [0, 0.05) is 43.8 Å². The highest BCUT2D eigenvalue weighted by atomic mass is 15.3. The molecule has 0 spiro atoms. The topological polar surface area (TPSA) is 41.1 Å². The molecule has 1 saturated heterocycles. The summed E-state index contributed by atoms with van der Waals surface area (Å²) < 4.78 is 0. The number of hydrogen-bond donors (Lipinski definition) is 1. The van der Waals surface area contributed by atoms with Gasteiger partial charge in [-0.05, 0) is 20.8 Å². The summed E-state index contributed by atoms with van der Waals surface area (Å²) in [5.74, 6) is 0. The third-order valence-electron chi connectivity index (χ3n) is 3.32. The highest BCUT2D eigenvalue weighted by molar-refractivity contribution is 5.03. The van der Waals surface area contributed by atoms with Crippen molar-refractivity contribution < 1.29 is 0 Å². The van der Waals surface area contributed by atoms with Crippen LogP contribution in [0.4, 0.5) is 0 Å². The standard InChI is InChI=1S/C12H20N4/c1-9-8-16(10(2)6-15-9)11(3)12-7-13-4-5-14-12/h4-5,7,9-11,15H,6,8H2,1-3H3. The van der Waals surface area contributed by atoms with Crippen molar-refractivity contribution in [3.8, 4) is 0 Å². The van der Waals surface area contributed by atoms with E-state index in [9.17, 15) is 0 Å². The summed E-state index contributed by atoms with van der Waals surface area (Å²) in [5.41, 5.74) is 1.06. The molecule has 4 nitrogen and oxygen atoms in total. The van der Waals surface area contributed by atoms with Crippen LogP contribution < -0.4 is 5.32 Å². The van der Waals surface area contributed by atoms with Crippen molar-refractivity contribution in [2.75, 3.05) is 13.1 Å². The van der Waals surface area contributed by atoms with Gasteiger partial charge < -0.3 is 5.32 Å². The molecule has 2 rings (SSSR count). The maximum Gasteiger partial charge on any atom is 0.0755 e. The van der Waals surface area contributed by atoms with E-state index in [1.807, 2.05) is 6.20 Å². The van der Waals surface area contributed by atoms with Crippen molar-refractivity contribution >= 4 is 0 Å². The van der Waals surface area contributed by atoms with Crippen molar-refractivity contribution in [2.45, 2.75) is 38.9 Å². The number of piperazine rings is 1. The second-order valence-corrected chi connectivity index (χ2v) is 4.66. The maximum atomic E-state index is 4.39. The van der Waals surface area contributed by atoms with Gasteiger partial charge in [-0.2, -0.15) is 0 Å². The second-order valence-electron chi connectivity index (χ2n) is 4.66. The molecule has 1 aromatic heterocycles. The molecule has 0 amide bonds. The van der Waals surface area contributed by atoms with Crippen LogP contribution in [0.25, 0.3) is 0 Å². The van der Waals surface area contributed by atoms with Crippen LogP contribution in [0.1, 0.15) is 32.5 Å². The summed E-state index contributed by atoms with van der Waals surface area (Å²) in [6.45, 7) is 8.80. The molecule has 0 bridgehead atoms. The van der Waals surface area contributed by atoms with Gasteiger partial charge in [-0.1, -0.05) is 0 Å². The predicted molar refractivity (Wildman–Crippen MR) is 64.1 cm³/mol. The van der Waals surface area contributed by atoms with Gasteiger partial charge in [0.2, 0.25) is 0 Å². The molecule has 1 fully saturated rings. The fourth-order valence-corrected chi connectivity index (χ4v) is 2.29. The molecule has 0 aliphatic carbocycles. The van der Waals surface area contributed by atoms with Crippen molar-refractivity contribution in [3.63, 3.8) is 0 Å². The highest BCUT2D eigenvalue weighted by Gasteiger charge is 2.27. The Hall–Kier alpha value is -1.00. The van der Waals surface area contributed by atoms with E-state index in [0.29, 0.717) is 18.1 Å². The molecular formula is C12H20N4. The fourth-order valence-electron chi connectivity index (χ4n) is 2.29. The summed E-state index contributed by atoms with van der Waals surface area (Å²) >= 11 is 0. The number of nitrogens with one attached hydrogen (secondary N) is 1. The van der Waals surface area contributed by atoms with Gasteiger partial charge in [-0.25, -0.2) is 0 Å². The lowest BCUT2D eigenvalue weighted by molar-refractivity contribution is 0.101. The first kappa shape index (κ1) is 11.5. The van der Waals surface area contributed by atoms with Crippen LogP contribution >= 0.6 is 0 Å². The van der Waals surface area contributed by atoms with Crippen LogP contribution in [0.5, 0.6) is 0 Å². The first-order chi connectivity index (χ1) is 7.68. The van der Waals surface area contributed by atoms with E-state index in [-0.39, 0.29) is 0 Å². The average Bonchev–Trinajstić information content (AvgIpc) is 2.32. The quantitative estimate of drug-likeness (QED) is 0.813. The molecule has 0 radical (unpaired) electrons.